The smallest absolute Gasteiger partial charge is 0.220 e. The van der Waals surface area contributed by atoms with Crippen LogP contribution in [0.4, 0.5) is 8.78 Å². The molecule has 0 fully saturated rings. The molecule has 0 spiro atoms. The van der Waals surface area contributed by atoms with E-state index in [9.17, 15) is 13.6 Å². The number of oxazole rings is 1. The van der Waals surface area contributed by atoms with Crippen molar-refractivity contribution in [2.45, 2.75) is 19.3 Å². The van der Waals surface area contributed by atoms with E-state index in [1.807, 2.05) is 36.5 Å². The summed E-state index contributed by atoms with van der Waals surface area (Å²) in [6.45, 7) is 0.483. The van der Waals surface area contributed by atoms with Crippen molar-refractivity contribution in [1.82, 2.24) is 20.1 Å². The highest BCUT2D eigenvalue weighted by molar-refractivity contribution is 5.76. The van der Waals surface area contributed by atoms with Crippen LogP contribution in [0, 0.1) is 11.6 Å². The van der Waals surface area contributed by atoms with E-state index in [1.165, 1.54) is 12.3 Å². The molecule has 6 nitrogen and oxygen atoms in total. The maximum atomic E-state index is 13.8. The first-order valence-corrected chi connectivity index (χ1v) is 9.84. The van der Waals surface area contributed by atoms with Gasteiger partial charge < -0.3 is 9.73 Å². The first-order chi connectivity index (χ1) is 15.1. The van der Waals surface area contributed by atoms with Crippen LogP contribution in [-0.2, 0) is 17.6 Å². The van der Waals surface area contributed by atoms with Gasteiger partial charge in [-0.05, 0) is 36.2 Å². The number of nitrogens with one attached hydrogen (secondary N) is 1. The number of amides is 1. The summed E-state index contributed by atoms with van der Waals surface area (Å²) in [5.41, 5.74) is 2.12. The minimum atomic E-state index is -0.726. The van der Waals surface area contributed by atoms with E-state index in [-0.39, 0.29) is 30.1 Å². The molecule has 0 atom stereocenters. The summed E-state index contributed by atoms with van der Waals surface area (Å²) in [6, 6.07) is 13.0. The number of hydrogen-bond acceptors (Lipinski definition) is 4. The summed E-state index contributed by atoms with van der Waals surface area (Å²) < 4.78 is 34.2. The molecule has 0 saturated carbocycles. The minimum absolute atomic E-state index is 0.126. The Labute approximate surface area is 177 Å². The highest BCUT2D eigenvalue weighted by atomic mass is 19.1. The van der Waals surface area contributed by atoms with E-state index in [1.54, 1.807) is 10.9 Å². The van der Waals surface area contributed by atoms with Crippen molar-refractivity contribution in [2.75, 3.05) is 6.54 Å². The van der Waals surface area contributed by atoms with Gasteiger partial charge >= 0.3 is 0 Å². The predicted octanol–water partition coefficient (Wildman–Crippen LogP) is 4.10. The highest BCUT2D eigenvalue weighted by Crippen LogP contribution is 2.24. The Morgan fingerprint density at radius 3 is 2.71 bits per heavy atom. The number of halogens is 2. The zero-order chi connectivity index (χ0) is 21.6. The molecule has 4 aromatic rings. The zero-order valence-corrected chi connectivity index (χ0v) is 16.6. The van der Waals surface area contributed by atoms with Gasteiger partial charge in [0.2, 0.25) is 5.91 Å². The van der Waals surface area contributed by atoms with Gasteiger partial charge in [-0.3, -0.25) is 4.79 Å². The van der Waals surface area contributed by atoms with Gasteiger partial charge in [-0.1, -0.05) is 18.2 Å². The molecule has 1 N–H and O–H groups in total. The number of hydrogen-bond donors (Lipinski definition) is 1. The summed E-state index contributed by atoms with van der Waals surface area (Å²) in [4.78, 5) is 16.2. The normalized spacial score (nSPS) is 10.9. The molecule has 2 aromatic carbocycles. The molecule has 31 heavy (non-hydrogen) atoms. The third kappa shape index (κ3) is 5.22. The molecule has 0 bridgehead atoms. The lowest BCUT2D eigenvalue weighted by Gasteiger charge is -2.03. The van der Waals surface area contributed by atoms with E-state index in [2.05, 4.69) is 15.4 Å². The fraction of sp³-hybridized carbons (Fsp3) is 0.174. The first kappa shape index (κ1) is 20.5. The Bertz CT molecular complexity index is 1170. The quantitative estimate of drug-likeness (QED) is 0.464. The number of aromatic nitrogens is 3. The molecule has 0 aliphatic heterocycles. The molecular formula is C23H20F2N4O2. The van der Waals surface area contributed by atoms with E-state index in [0.717, 1.165) is 23.4 Å². The Balaban J connectivity index is 1.23. The van der Waals surface area contributed by atoms with Crippen LogP contribution in [0.15, 0.2) is 71.5 Å². The molecule has 0 aliphatic carbocycles. The van der Waals surface area contributed by atoms with Crippen molar-refractivity contribution in [3.63, 3.8) is 0 Å². The Kier molecular flexibility index (Phi) is 6.16. The second-order valence-electron chi connectivity index (χ2n) is 6.97. The first-order valence-electron chi connectivity index (χ1n) is 9.84. The average Bonchev–Trinajstić information content (AvgIpc) is 3.43. The molecular weight excluding hydrogens is 402 g/mol. The van der Waals surface area contributed by atoms with Crippen LogP contribution in [0.3, 0.4) is 0 Å². The fourth-order valence-corrected chi connectivity index (χ4v) is 3.11. The molecule has 2 aromatic heterocycles. The van der Waals surface area contributed by atoms with Crippen LogP contribution >= 0.6 is 0 Å². The van der Waals surface area contributed by atoms with Gasteiger partial charge in [0.05, 0.1) is 23.6 Å². The number of para-hydroxylation sites is 1. The van der Waals surface area contributed by atoms with Gasteiger partial charge in [0.25, 0.3) is 0 Å². The van der Waals surface area contributed by atoms with Gasteiger partial charge in [-0.25, -0.2) is 18.4 Å². The van der Waals surface area contributed by atoms with Crippen LogP contribution in [0.2, 0.25) is 0 Å². The third-order valence-corrected chi connectivity index (χ3v) is 4.71. The minimum Gasteiger partial charge on any atom is -0.441 e. The molecule has 0 unspecified atom stereocenters. The summed E-state index contributed by atoms with van der Waals surface area (Å²) in [5, 5.41) is 7.19. The fourth-order valence-electron chi connectivity index (χ4n) is 3.11. The zero-order valence-electron chi connectivity index (χ0n) is 16.6. The number of rotatable bonds is 8. The molecule has 1 amide bonds. The Morgan fingerprint density at radius 2 is 1.90 bits per heavy atom. The predicted molar refractivity (Wildman–Crippen MR) is 110 cm³/mol. The molecule has 0 aliphatic rings. The summed E-state index contributed by atoms with van der Waals surface area (Å²) in [7, 11) is 0. The van der Waals surface area contributed by atoms with Gasteiger partial charge in [0.1, 0.15) is 11.6 Å². The Hall–Kier alpha value is -3.81. The lowest BCUT2D eigenvalue weighted by atomic mass is 10.2. The SMILES string of the molecule is O=C(CCc1ncc(-c2ccc(F)cc2F)o1)NCCc1cnn(-c2ccccc2)c1. The molecule has 0 saturated heterocycles. The van der Waals surface area contributed by atoms with E-state index in [0.29, 0.717) is 18.9 Å². The van der Waals surface area contributed by atoms with E-state index in [4.69, 9.17) is 4.42 Å². The van der Waals surface area contributed by atoms with Crippen molar-refractivity contribution >= 4 is 5.91 Å². The van der Waals surface area contributed by atoms with Gasteiger partial charge in [-0.15, -0.1) is 0 Å². The Morgan fingerprint density at radius 1 is 1.06 bits per heavy atom. The van der Waals surface area contributed by atoms with E-state index >= 15 is 0 Å². The van der Waals surface area contributed by atoms with Crippen LogP contribution in [-0.4, -0.2) is 27.2 Å². The number of carbonyl (C=O) groups excluding carboxylic acids is 1. The van der Waals surface area contributed by atoms with Crippen LogP contribution in [0.25, 0.3) is 17.0 Å². The van der Waals surface area contributed by atoms with Crippen molar-refractivity contribution < 1.29 is 18.0 Å². The summed E-state index contributed by atoms with van der Waals surface area (Å²) in [5.74, 6) is -1.01. The monoisotopic (exact) mass is 422 g/mol. The van der Waals surface area contributed by atoms with Crippen molar-refractivity contribution in [3.05, 3.63) is 90.2 Å². The van der Waals surface area contributed by atoms with Crippen LogP contribution in [0.1, 0.15) is 17.9 Å². The van der Waals surface area contributed by atoms with Crippen LogP contribution < -0.4 is 5.32 Å². The summed E-state index contributed by atoms with van der Waals surface area (Å²) >= 11 is 0. The second kappa shape index (κ2) is 9.34. The third-order valence-electron chi connectivity index (χ3n) is 4.71. The maximum absolute atomic E-state index is 13.8. The molecule has 8 heteroatoms. The number of carbonyl (C=O) groups is 1. The second-order valence-corrected chi connectivity index (χ2v) is 6.97. The molecule has 158 valence electrons. The van der Waals surface area contributed by atoms with Gasteiger partial charge in [-0.2, -0.15) is 5.10 Å². The lowest BCUT2D eigenvalue weighted by Crippen LogP contribution is -2.25. The van der Waals surface area contributed by atoms with E-state index < -0.39 is 11.6 Å². The molecule has 2 heterocycles. The van der Waals surface area contributed by atoms with Gasteiger partial charge in [0.15, 0.2) is 11.7 Å². The van der Waals surface area contributed by atoms with Crippen molar-refractivity contribution in [3.8, 4) is 17.0 Å². The average molecular weight is 422 g/mol. The largest absolute Gasteiger partial charge is 0.441 e. The van der Waals surface area contributed by atoms with Crippen LogP contribution in [0.5, 0.6) is 0 Å². The topological polar surface area (TPSA) is 73.0 Å². The van der Waals surface area contributed by atoms with Crippen molar-refractivity contribution in [1.29, 1.82) is 0 Å². The van der Waals surface area contributed by atoms with Crippen molar-refractivity contribution in [2.24, 2.45) is 0 Å². The maximum Gasteiger partial charge on any atom is 0.220 e. The molecule has 0 radical (unpaired) electrons. The standard InChI is InChI=1S/C23H20F2N4O2/c24-17-6-7-19(20(25)12-17)21-14-27-23(31-21)9-8-22(30)26-11-10-16-13-28-29(15-16)18-4-2-1-3-5-18/h1-7,12-15H,8-11H2,(H,26,30). The summed E-state index contributed by atoms with van der Waals surface area (Å²) in [6.07, 6.45) is 6.21. The van der Waals surface area contributed by atoms with Gasteiger partial charge in [0, 0.05) is 31.6 Å². The number of nitrogens with zero attached hydrogens (tertiary/aromatic N) is 3. The number of aryl methyl sites for hydroxylation is 1. The number of benzene rings is 2. The highest BCUT2D eigenvalue weighted by Gasteiger charge is 2.13. The lowest BCUT2D eigenvalue weighted by molar-refractivity contribution is -0.121. The molecule has 4 rings (SSSR count).